The van der Waals surface area contributed by atoms with Gasteiger partial charge in [0.15, 0.2) is 0 Å². The molecule has 1 N–H and O–H groups in total. The molecule has 1 aliphatic heterocycles. The zero-order valence-corrected chi connectivity index (χ0v) is 14.6. The number of carbonyl (C=O) groups is 1. The molecule has 1 aliphatic rings. The van der Waals surface area contributed by atoms with Gasteiger partial charge in [-0.2, -0.15) is 0 Å². The van der Waals surface area contributed by atoms with Crippen LogP contribution in [0.15, 0.2) is 22.7 Å². The third-order valence-corrected chi connectivity index (χ3v) is 6.05. The fourth-order valence-electron chi connectivity index (χ4n) is 2.27. The zero-order chi connectivity index (χ0) is 15.6. The summed E-state index contributed by atoms with van der Waals surface area (Å²) in [6.45, 7) is 0.853. The lowest BCUT2D eigenvalue weighted by molar-refractivity contribution is 0.0924. The minimum atomic E-state index is -3.15. The van der Waals surface area contributed by atoms with Crippen LogP contribution in [0.5, 0.6) is 0 Å². The molecule has 0 bridgehead atoms. The third kappa shape index (κ3) is 4.18. The van der Waals surface area contributed by atoms with E-state index in [1.54, 1.807) is 18.2 Å². The van der Waals surface area contributed by atoms with Crippen LogP contribution < -0.4 is 5.32 Å². The normalized spacial score (nSPS) is 17.7. The molecular formula is C13H16BrClN2O3S. The number of amides is 1. The van der Waals surface area contributed by atoms with Crippen molar-refractivity contribution in [3.63, 3.8) is 0 Å². The number of sulfonamides is 1. The number of hydrogen-bond acceptors (Lipinski definition) is 3. The highest BCUT2D eigenvalue weighted by molar-refractivity contribution is 9.10. The summed E-state index contributed by atoms with van der Waals surface area (Å²) < 4.78 is 25.0. The van der Waals surface area contributed by atoms with Crippen LogP contribution in [-0.2, 0) is 10.0 Å². The van der Waals surface area contributed by atoms with Gasteiger partial charge in [0.1, 0.15) is 0 Å². The van der Waals surface area contributed by atoms with E-state index < -0.39 is 10.0 Å². The van der Waals surface area contributed by atoms with E-state index in [0.717, 1.165) is 0 Å². The Morgan fingerprint density at radius 1 is 1.38 bits per heavy atom. The third-order valence-electron chi connectivity index (χ3n) is 3.45. The minimum absolute atomic E-state index is 0.0365. The van der Waals surface area contributed by atoms with E-state index in [1.807, 2.05) is 0 Å². The van der Waals surface area contributed by atoms with Gasteiger partial charge in [-0.05, 0) is 40.9 Å². The topological polar surface area (TPSA) is 66.5 Å². The van der Waals surface area contributed by atoms with E-state index in [2.05, 4.69) is 21.2 Å². The zero-order valence-electron chi connectivity index (χ0n) is 11.5. The molecule has 0 aromatic heterocycles. The minimum Gasteiger partial charge on any atom is -0.349 e. The number of carbonyl (C=O) groups excluding carboxylic acids is 1. The molecule has 0 radical (unpaired) electrons. The predicted octanol–water partition coefficient (Wildman–Crippen LogP) is 2.26. The number of hydrogen-bond donors (Lipinski definition) is 1. The van der Waals surface area contributed by atoms with Crippen LogP contribution in [0, 0.1) is 0 Å². The summed E-state index contributed by atoms with van der Waals surface area (Å²) >= 11 is 9.38. The molecule has 1 saturated heterocycles. The number of piperidine rings is 1. The maximum atomic E-state index is 12.2. The molecule has 2 rings (SSSR count). The fraction of sp³-hybridized carbons (Fsp3) is 0.462. The van der Waals surface area contributed by atoms with E-state index in [4.69, 9.17) is 11.6 Å². The maximum Gasteiger partial charge on any atom is 0.253 e. The summed E-state index contributed by atoms with van der Waals surface area (Å²) in [5, 5.41) is 3.29. The van der Waals surface area contributed by atoms with Crippen molar-refractivity contribution in [2.24, 2.45) is 0 Å². The van der Waals surface area contributed by atoms with Crippen molar-refractivity contribution in [2.45, 2.75) is 18.9 Å². The molecule has 0 spiro atoms. The van der Waals surface area contributed by atoms with Crippen LogP contribution in [0.1, 0.15) is 23.2 Å². The van der Waals surface area contributed by atoms with Gasteiger partial charge in [-0.1, -0.05) is 17.7 Å². The summed E-state index contributed by atoms with van der Waals surface area (Å²) in [6.07, 6.45) is 2.40. The molecule has 1 amide bonds. The van der Waals surface area contributed by atoms with Crippen molar-refractivity contribution in [1.82, 2.24) is 9.62 Å². The molecule has 0 unspecified atom stereocenters. The molecule has 0 atom stereocenters. The average molecular weight is 396 g/mol. The highest BCUT2D eigenvalue weighted by atomic mass is 79.9. The van der Waals surface area contributed by atoms with Crippen molar-refractivity contribution < 1.29 is 13.2 Å². The van der Waals surface area contributed by atoms with Crippen molar-refractivity contribution in [2.75, 3.05) is 19.3 Å². The lowest BCUT2D eigenvalue weighted by Crippen LogP contribution is -2.46. The molecule has 0 aliphatic carbocycles. The second-order valence-corrected chi connectivity index (χ2v) is 8.23. The van der Waals surface area contributed by atoms with Gasteiger partial charge in [0, 0.05) is 23.6 Å². The smallest absolute Gasteiger partial charge is 0.253 e. The second kappa shape index (κ2) is 6.64. The Morgan fingerprint density at radius 2 is 2.00 bits per heavy atom. The van der Waals surface area contributed by atoms with Gasteiger partial charge in [0.05, 0.1) is 16.8 Å². The Labute approximate surface area is 137 Å². The standard InChI is InChI=1S/C13H16BrClN2O3S/c1-21(19,20)17-7-5-9(6-8-17)16-13(18)10-3-2-4-11(14)12(10)15/h2-4,9H,5-8H2,1H3,(H,16,18). The Bertz CT molecular complexity index is 643. The maximum absolute atomic E-state index is 12.2. The van der Waals surface area contributed by atoms with Crippen molar-refractivity contribution >= 4 is 43.5 Å². The van der Waals surface area contributed by atoms with E-state index in [1.165, 1.54) is 10.6 Å². The van der Waals surface area contributed by atoms with Gasteiger partial charge in [-0.25, -0.2) is 12.7 Å². The molecule has 1 aromatic rings. The highest BCUT2D eigenvalue weighted by Crippen LogP contribution is 2.26. The number of nitrogens with zero attached hydrogens (tertiary/aromatic N) is 1. The summed E-state index contributed by atoms with van der Waals surface area (Å²) in [7, 11) is -3.15. The first kappa shape index (κ1) is 16.7. The first-order valence-corrected chi connectivity index (χ1v) is 9.51. The average Bonchev–Trinajstić information content (AvgIpc) is 2.41. The van der Waals surface area contributed by atoms with E-state index in [-0.39, 0.29) is 11.9 Å². The number of halogens is 2. The Kier molecular flexibility index (Phi) is 5.29. The van der Waals surface area contributed by atoms with Crippen LogP contribution in [0.2, 0.25) is 5.02 Å². The molecule has 5 nitrogen and oxygen atoms in total. The Morgan fingerprint density at radius 3 is 2.57 bits per heavy atom. The molecule has 8 heteroatoms. The van der Waals surface area contributed by atoms with Crippen LogP contribution in [0.4, 0.5) is 0 Å². The summed E-state index contributed by atoms with van der Waals surface area (Å²) in [5.74, 6) is -0.237. The molecule has 0 saturated carbocycles. The lowest BCUT2D eigenvalue weighted by atomic mass is 10.1. The Balaban J connectivity index is 1.98. The molecule has 1 fully saturated rings. The van der Waals surface area contributed by atoms with Gasteiger partial charge < -0.3 is 5.32 Å². The molecule has 116 valence electrons. The van der Waals surface area contributed by atoms with E-state index in [0.29, 0.717) is 41.0 Å². The second-order valence-electron chi connectivity index (χ2n) is 5.01. The van der Waals surface area contributed by atoms with Gasteiger partial charge in [-0.3, -0.25) is 4.79 Å². The molecule has 1 aromatic carbocycles. The van der Waals surface area contributed by atoms with Crippen LogP contribution >= 0.6 is 27.5 Å². The van der Waals surface area contributed by atoms with Crippen LogP contribution in [0.3, 0.4) is 0 Å². The van der Waals surface area contributed by atoms with E-state index >= 15 is 0 Å². The van der Waals surface area contributed by atoms with Gasteiger partial charge in [0.25, 0.3) is 5.91 Å². The van der Waals surface area contributed by atoms with Gasteiger partial charge in [0.2, 0.25) is 10.0 Å². The predicted molar refractivity (Wildman–Crippen MR) is 86.1 cm³/mol. The number of nitrogens with one attached hydrogen (secondary N) is 1. The monoisotopic (exact) mass is 394 g/mol. The summed E-state index contributed by atoms with van der Waals surface area (Å²) in [4.78, 5) is 12.2. The van der Waals surface area contributed by atoms with Crippen LogP contribution in [-0.4, -0.2) is 44.0 Å². The first-order valence-electron chi connectivity index (χ1n) is 6.49. The molecule has 21 heavy (non-hydrogen) atoms. The fourth-order valence-corrected chi connectivity index (χ4v) is 3.73. The SMILES string of the molecule is CS(=O)(=O)N1CCC(NC(=O)c2cccc(Br)c2Cl)CC1. The van der Waals surface area contributed by atoms with Crippen molar-refractivity contribution in [1.29, 1.82) is 0 Å². The number of rotatable bonds is 3. The molecule has 1 heterocycles. The van der Waals surface area contributed by atoms with Crippen molar-refractivity contribution in [3.8, 4) is 0 Å². The van der Waals surface area contributed by atoms with Gasteiger partial charge >= 0.3 is 0 Å². The molecular weight excluding hydrogens is 380 g/mol. The highest BCUT2D eigenvalue weighted by Gasteiger charge is 2.26. The van der Waals surface area contributed by atoms with Crippen LogP contribution in [0.25, 0.3) is 0 Å². The first-order chi connectivity index (χ1) is 9.79. The lowest BCUT2D eigenvalue weighted by Gasteiger charge is -2.30. The van der Waals surface area contributed by atoms with Gasteiger partial charge in [-0.15, -0.1) is 0 Å². The quantitative estimate of drug-likeness (QED) is 0.853. The number of benzene rings is 1. The summed E-state index contributed by atoms with van der Waals surface area (Å²) in [6, 6.07) is 5.14. The largest absolute Gasteiger partial charge is 0.349 e. The van der Waals surface area contributed by atoms with E-state index in [9.17, 15) is 13.2 Å². The summed E-state index contributed by atoms with van der Waals surface area (Å²) in [5.41, 5.74) is 0.414. The Hall–Kier alpha value is -0.630. The van der Waals surface area contributed by atoms with Crippen molar-refractivity contribution in [3.05, 3.63) is 33.3 Å².